The van der Waals surface area contributed by atoms with Gasteiger partial charge in [0.2, 0.25) is 5.91 Å². The van der Waals surface area contributed by atoms with Crippen LogP contribution in [0.3, 0.4) is 0 Å². The summed E-state index contributed by atoms with van der Waals surface area (Å²) >= 11 is 6.11. The highest BCUT2D eigenvalue weighted by atomic mass is 35.5. The summed E-state index contributed by atoms with van der Waals surface area (Å²) in [5.41, 5.74) is 2.22. The van der Waals surface area contributed by atoms with Gasteiger partial charge in [-0.2, -0.15) is 0 Å². The molecule has 1 heterocycles. The average Bonchev–Trinajstić information content (AvgIpc) is 3.12. The highest BCUT2D eigenvalue weighted by Crippen LogP contribution is 2.19. The third-order valence-electron chi connectivity index (χ3n) is 5.76. The lowest BCUT2D eigenvalue weighted by Crippen LogP contribution is -2.38. The minimum absolute atomic E-state index is 0.0106. The fourth-order valence-electron chi connectivity index (χ4n) is 4.18. The Bertz CT molecular complexity index is 1070. The Hall–Kier alpha value is -2.86. The van der Waals surface area contributed by atoms with Gasteiger partial charge < -0.3 is 15.2 Å². The van der Waals surface area contributed by atoms with Gasteiger partial charge in [-0.3, -0.25) is 9.59 Å². The van der Waals surface area contributed by atoms with Crippen LogP contribution in [0.5, 0.6) is 0 Å². The summed E-state index contributed by atoms with van der Waals surface area (Å²) in [6.45, 7) is 0.627. The molecule has 2 amide bonds. The minimum Gasteiger partial charge on any atom is -0.352 e. The van der Waals surface area contributed by atoms with Crippen molar-refractivity contribution < 1.29 is 9.59 Å². The van der Waals surface area contributed by atoms with Crippen LogP contribution >= 0.6 is 11.6 Å². The molecule has 0 atom stereocenters. The highest BCUT2D eigenvalue weighted by Gasteiger charge is 2.18. The van der Waals surface area contributed by atoms with Crippen molar-refractivity contribution >= 4 is 34.4 Å². The number of rotatable bonds is 7. The molecule has 0 unspecified atom stereocenters. The van der Waals surface area contributed by atoms with E-state index < -0.39 is 0 Å². The summed E-state index contributed by atoms with van der Waals surface area (Å²) in [5.74, 6) is 0.569. The first-order chi connectivity index (χ1) is 15.1. The zero-order chi connectivity index (χ0) is 21.6. The van der Waals surface area contributed by atoms with Crippen molar-refractivity contribution in [2.24, 2.45) is 0 Å². The number of imidazole rings is 1. The van der Waals surface area contributed by atoms with Crippen molar-refractivity contribution in [2.45, 2.75) is 51.1 Å². The van der Waals surface area contributed by atoms with Gasteiger partial charge in [0.1, 0.15) is 12.4 Å². The molecule has 1 saturated carbocycles. The van der Waals surface area contributed by atoms with Crippen molar-refractivity contribution in [3.63, 3.8) is 0 Å². The summed E-state index contributed by atoms with van der Waals surface area (Å²) in [6.07, 6.45) is 6.23. The van der Waals surface area contributed by atoms with Crippen LogP contribution in [0, 0.1) is 0 Å². The molecule has 0 saturated heterocycles. The standard InChI is InChI=1S/C24H27ClN4O2/c25-19-11-5-4-10-18(19)24(31)26-15-14-22-28-20-12-6-7-13-21(20)29(22)16-23(30)27-17-8-2-1-3-9-17/h4-7,10-13,17H,1-3,8-9,14-16H2,(H,26,31)(H,27,30). The van der Waals surface area contributed by atoms with Gasteiger partial charge in [0.15, 0.2) is 0 Å². The molecule has 6 nitrogen and oxygen atoms in total. The summed E-state index contributed by atoms with van der Waals surface area (Å²) in [6, 6.07) is 15.0. The molecule has 0 spiro atoms. The van der Waals surface area contributed by atoms with E-state index in [-0.39, 0.29) is 24.4 Å². The number of carbonyl (C=O) groups is 2. The minimum atomic E-state index is -0.219. The molecule has 2 N–H and O–H groups in total. The molecule has 2 aromatic carbocycles. The second-order valence-electron chi connectivity index (χ2n) is 7.99. The summed E-state index contributed by atoms with van der Waals surface area (Å²) in [7, 11) is 0. The topological polar surface area (TPSA) is 76.0 Å². The number of carbonyl (C=O) groups excluding carboxylic acids is 2. The van der Waals surface area contributed by atoms with Gasteiger partial charge in [-0.05, 0) is 37.1 Å². The molecule has 0 aliphatic heterocycles. The Morgan fingerprint density at radius 1 is 1.03 bits per heavy atom. The molecule has 1 aliphatic rings. The lowest BCUT2D eigenvalue weighted by atomic mass is 9.95. The average molecular weight is 439 g/mol. The summed E-state index contributed by atoms with van der Waals surface area (Å²) in [5, 5.41) is 6.50. The van der Waals surface area contributed by atoms with E-state index in [0.717, 1.165) is 29.7 Å². The predicted molar refractivity (Wildman–Crippen MR) is 122 cm³/mol. The predicted octanol–water partition coefficient (Wildman–Crippen LogP) is 4.11. The van der Waals surface area contributed by atoms with Crippen LogP contribution in [0.2, 0.25) is 5.02 Å². The number of hydrogen-bond donors (Lipinski definition) is 2. The number of nitrogens with one attached hydrogen (secondary N) is 2. The molecule has 7 heteroatoms. The molecular formula is C24H27ClN4O2. The van der Waals surface area contributed by atoms with Crippen LogP contribution in [0.25, 0.3) is 11.0 Å². The van der Waals surface area contributed by atoms with Gasteiger partial charge in [-0.1, -0.05) is 55.1 Å². The van der Waals surface area contributed by atoms with Crippen LogP contribution < -0.4 is 10.6 Å². The number of nitrogens with zero attached hydrogens (tertiary/aromatic N) is 2. The second kappa shape index (κ2) is 9.96. The quantitative estimate of drug-likeness (QED) is 0.582. The Morgan fingerprint density at radius 3 is 2.58 bits per heavy atom. The van der Waals surface area contributed by atoms with Crippen LogP contribution in [0.4, 0.5) is 0 Å². The Morgan fingerprint density at radius 2 is 1.77 bits per heavy atom. The lowest BCUT2D eigenvalue weighted by molar-refractivity contribution is -0.122. The van der Waals surface area contributed by atoms with Gasteiger partial charge in [0.25, 0.3) is 5.91 Å². The van der Waals surface area contributed by atoms with Gasteiger partial charge in [0, 0.05) is 19.0 Å². The summed E-state index contributed by atoms with van der Waals surface area (Å²) < 4.78 is 1.95. The van der Waals surface area contributed by atoms with Crippen LogP contribution in [-0.2, 0) is 17.8 Å². The fraction of sp³-hybridized carbons (Fsp3) is 0.375. The SMILES string of the molecule is O=C(Cn1c(CCNC(=O)c2ccccc2Cl)nc2ccccc21)NC1CCCCC1. The molecule has 1 fully saturated rings. The smallest absolute Gasteiger partial charge is 0.252 e. The fourth-order valence-corrected chi connectivity index (χ4v) is 4.41. The van der Waals surface area contributed by atoms with Gasteiger partial charge in [0.05, 0.1) is 21.6 Å². The number of halogens is 1. The van der Waals surface area contributed by atoms with Crippen LogP contribution in [-0.4, -0.2) is 34.0 Å². The number of aromatic nitrogens is 2. The maximum absolute atomic E-state index is 12.7. The maximum atomic E-state index is 12.7. The first kappa shape index (κ1) is 21.4. The Kier molecular flexibility index (Phi) is 6.87. The van der Waals surface area contributed by atoms with E-state index in [1.54, 1.807) is 24.3 Å². The van der Waals surface area contributed by atoms with Crippen molar-refractivity contribution in [2.75, 3.05) is 6.54 Å². The molecule has 1 aliphatic carbocycles. The first-order valence-electron chi connectivity index (χ1n) is 10.9. The maximum Gasteiger partial charge on any atom is 0.252 e. The van der Waals surface area contributed by atoms with Crippen molar-refractivity contribution in [3.8, 4) is 0 Å². The molecule has 0 bridgehead atoms. The molecular weight excluding hydrogens is 412 g/mol. The number of fused-ring (bicyclic) bond motifs is 1. The Balaban J connectivity index is 1.44. The Labute approximate surface area is 187 Å². The number of benzene rings is 2. The molecule has 31 heavy (non-hydrogen) atoms. The number of hydrogen-bond acceptors (Lipinski definition) is 3. The number of para-hydroxylation sites is 2. The molecule has 1 aromatic heterocycles. The molecule has 4 rings (SSSR count). The summed E-state index contributed by atoms with van der Waals surface area (Å²) in [4.78, 5) is 29.9. The third kappa shape index (κ3) is 5.25. The van der Waals surface area contributed by atoms with Crippen LogP contribution in [0.15, 0.2) is 48.5 Å². The van der Waals surface area contributed by atoms with Crippen molar-refractivity contribution in [1.29, 1.82) is 0 Å². The van der Waals surface area contributed by atoms with Crippen molar-refractivity contribution in [1.82, 2.24) is 20.2 Å². The zero-order valence-corrected chi connectivity index (χ0v) is 18.2. The van der Waals surface area contributed by atoms with Gasteiger partial charge in [-0.25, -0.2) is 4.98 Å². The zero-order valence-electron chi connectivity index (χ0n) is 17.4. The van der Waals surface area contributed by atoms with E-state index in [0.29, 0.717) is 23.6 Å². The van der Waals surface area contributed by atoms with Gasteiger partial charge in [-0.15, -0.1) is 0 Å². The van der Waals surface area contributed by atoms with E-state index in [4.69, 9.17) is 16.6 Å². The monoisotopic (exact) mass is 438 g/mol. The molecule has 0 radical (unpaired) electrons. The lowest BCUT2D eigenvalue weighted by Gasteiger charge is -2.23. The first-order valence-corrected chi connectivity index (χ1v) is 11.3. The number of amides is 2. The third-order valence-corrected chi connectivity index (χ3v) is 6.09. The molecule has 162 valence electrons. The van der Waals surface area contributed by atoms with Crippen LogP contribution in [0.1, 0.15) is 48.3 Å². The van der Waals surface area contributed by atoms with Crippen molar-refractivity contribution in [3.05, 3.63) is 64.9 Å². The van der Waals surface area contributed by atoms with E-state index in [1.165, 1.54) is 19.3 Å². The highest BCUT2D eigenvalue weighted by molar-refractivity contribution is 6.33. The molecule has 3 aromatic rings. The largest absolute Gasteiger partial charge is 0.352 e. The van der Waals surface area contributed by atoms with Gasteiger partial charge >= 0.3 is 0 Å². The van der Waals surface area contributed by atoms with E-state index in [2.05, 4.69) is 10.6 Å². The van der Waals surface area contributed by atoms with E-state index in [9.17, 15) is 9.59 Å². The van der Waals surface area contributed by atoms with E-state index >= 15 is 0 Å². The second-order valence-corrected chi connectivity index (χ2v) is 8.40. The normalized spacial score (nSPS) is 14.5. The van der Waals surface area contributed by atoms with E-state index in [1.807, 2.05) is 28.8 Å².